The van der Waals surface area contributed by atoms with Crippen molar-refractivity contribution in [2.24, 2.45) is 0 Å². The number of urea groups is 1. The Bertz CT molecular complexity index is 1800. The number of carbonyl (C=O) groups is 1. The van der Waals surface area contributed by atoms with E-state index in [0.717, 1.165) is 44.4 Å². The van der Waals surface area contributed by atoms with Crippen LogP contribution in [0.2, 0.25) is 0 Å². The monoisotopic (exact) mass is 516 g/mol. The molecule has 0 bridgehead atoms. The Labute approximate surface area is 225 Å². The van der Waals surface area contributed by atoms with Gasteiger partial charge in [0.1, 0.15) is 11.8 Å². The van der Waals surface area contributed by atoms with Crippen LogP contribution in [0, 0.1) is 0 Å². The fourth-order valence-electron chi connectivity index (χ4n) is 4.76. The molecule has 3 N–H and O–H groups in total. The summed E-state index contributed by atoms with van der Waals surface area (Å²) in [6.07, 6.45) is 3.53. The number of carbonyl (C=O) groups excluding carboxylic acids is 1. The number of nitrogens with one attached hydrogen (secondary N) is 1. The SMILES string of the molecule is CN(C)C(=O)NCc1cccc(-c2cc(-c3ccc4cn(Cc5ccccc5)nc4c3)c3c(N)ncnn23)c1. The van der Waals surface area contributed by atoms with Crippen LogP contribution in [0.3, 0.4) is 0 Å². The first-order chi connectivity index (χ1) is 19.0. The average molecular weight is 517 g/mol. The summed E-state index contributed by atoms with van der Waals surface area (Å²) in [6, 6.07) is 26.5. The molecule has 3 aromatic carbocycles. The lowest BCUT2D eigenvalue weighted by atomic mass is 10.0. The van der Waals surface area contributed by atoms with Gasteiger partial charge >= 0.3 is 6.03 Å². The first-order valence-electron chi connectivity index (χ1n) is 12.6. The molecule has 0 fully saturated rings. The molecule has 194 valence electrons. The molecule has 0 saturated carbocycles. The number of fused-ring (bicyclic) bond motifs is 2. The second-order valence-corrected chi connectivity index (χ2v) is 9.69. The molecule has 9 nitrogen and oxygen atoms in total. The third-order valence-electron chi connectivity index (χ3n) is 6.71. The van der Waals surface area contributed by atoms with E-state index in [4.69, 9.17) is 10.8 Å². The van der Waals surface area contributed by atoms with E-state index >= 15 is 0 Å². The van der Waals surface area contributed by atoms with Gasteiger partial charge in [0.15, 0.2) is 5.82 Å². The van der Waals surface area contributed by atoms with E-state index in [1.807, 2.05) is 51.7 Å². The molecule has 0 aliphatic carbocycles. The van der Waals surface area contributed by atoms with E-state index in [0.29, 0.717) is 18.9 Å². The number of nitrogens with zero attached hydrogens (tertiary/aromatic N) is 6. The van der Waals surface area contributed by atoms with Gasteiger partial charge in [0, 0.05) is 43.4 Å². The Hall–Kier alpha value is -5.18. The zero-order valence-electron chi connectivity index (χ0n) is 21.7. The Kier molecular flexibility index (Phi) is 6.16. The van der Waals surface area contributed by atoms with E-state index < -0.39 is 0 Å². The second-order valence-electron chi connectivity index (χ2n) is 9.69. The van der Waals surface area contributed by atoms with Crippen molar-refractivity contribution in [1.82, 2.24) is 34.6 Å². The molecule has 0 radical (unpaired) electrons. The van der Waals surface area contributed by atoms with Crippen LogP contribution in [0.15, 0.2) is 91.4 Å². The molecule has 0 aliphatic heterocycles. The Morgan fingerprint density at radius 3 is 2.59 bits per heavy atom. The molecule has 6 rings (SSSR count). The lowest BCUT2D eigenvalue weighted by Gasteiger charge is -2.12. The van der Waals surface area contributed by atoms with Gasteiger partial charge in [-0.25, -0.2) is 14.3 Å². The number of rotatable bonds is 6. The van der Waals surface area contributed by atoms with E-state index in [-0.39, 0.29) is 6.03 Å². The van der Waals surface area contributed by atoms with Crippen molar-refractivity contribution in [3.05, 3.63) is 103 Å². The predicted molar refractivity (Wildman–Crippen MR) is 153 cm³/mol. The maximum Gasteiger partial charge on any atom is 0.317 e. The molecule has 0 unspecified atom stereocenters. The van der Waals surface area contributed by atoms with Gasteiger partial charge in [0.25, 0.3) is 0 Å². The maximum absolute atomic E-state index is 12.0. The number of hydrogen-bond donors (Lipinski definition) is 2. The molecule has 39 heavy (non-hydrogen) atoms. The Morgan fingerprint density at radius 2 is 1.77 bits per heavy atom. The third kappa shape index (κ3) is 4.77. The van der Waals surface area contributed by atoms with Gasteiger partial charge in [-0.05, 0) is 34.9 Å². The summed E-state index contributed by atoms with van der Waals surface area (Å²) in [4.78, 5) is 17.8. The fraction of sp³-hybridized carbons (Fsp3) is 0.133. The average Bonchev–Trinajstić information content (AvgIpc) is 3.54. The molecule has 2 amide bonds. The summed E-state index contributed by atoms with van der Waals surface area (Å²) < 4.78 is 3.79. The molecule has 0 aliphatic rings. The van der Waals surface area contributed by atoms with Crippen molar-refractivity contribution in [3.63, 3.8) is 0 Å². The van der Waals surface area contributed by atoms with Gasteiger partial charge in [-0.3, -0.25) is 4.68 Å². The number of hydrogen-bond acceptors (Lipinski definition) is 5. The highest BCUT2D eigenvalue weighted by atomic mass is 16.2. The van der Waals surface area contributed by atoms with E-state index in [1.165, 1.54) is 16.8 Å². The molecule has 3 aromatic heterocycles. The van der Waals surface area contributed by atoms with Crippen molar-refractivity contribution in [3.8, 4) is 22.4 Å². The van der Waals surface area contributed by atoms with Gasteiger partial charge in [0.05, 0.1) is 17.8 Å². The number of benzene rings is 3. The minimum Gasteiger partial charge on any atom is -0.382 e. The van der Waals surface area contributed by atoms with Crippen molar-refractivity contribution >= 4 is 28.3 Å². The summed E-state index contributed by atoms with van der Waals surface area (Å²) in [6.45, 7) is 1.12. The Morgan fingerprint density at radius 1 is 0.949 bits per heavy atom. The zero-order chi connectivity index (χ0) is 26.9. The van der Waals surface area contributed by atoms with E-state index in [2.05, 4.69) is 58.0 Å². The van der Waals surface area contributed by atoms with Crippen LogP contribution in [0.4, 0.5) is 10.6 Å². The normalized spacial score (nSPS) is 11.2. The van der Waals surface area contributed by atoms with Gasteiger partial charge in [0.2, 0.25) is 0 Å². The number of nitrogen functional groups attached to an aromatic ring is 1. The molecular formula is C30H28N8O. The Balaban J connectivity index is 1.38. The number of aromatic nitrogens is 5. The zero-order valence-corrected chi connectivity index (χ0v) is 21.7. The predicted octanol–water partition coefficient (Wildman–Crippen LogP) is 4.81. The molecule has 0 saturated heterocycles. The molecule has 0 atom stereocenters. The van der Waals surface area contributed by atoms with Crippen LogP contribution in [0.25, 0.3) is 38.8 Å². The number of amides is 2. The van der Waals surface area contributed by atoms with Gasteiger partial charge in [-0.15, -0.1) is 0 Å². The highest BCUT2D eigenvalue weighted by Crippen LogP contribution is 2.36. The quantitative estimate of drug-likeness (QED) is 0.330. The van der Waals surface area contributed by atoms with Crippen LogP contribution < -0.4 is 11.1 Å². The van der Waals surface area contributed by atoms with Gasteiger partial charge in [-0.1, -0.05) is 60.7 Å². The van der Waals surface area contributed by atoms with Crippen molar-refractivity contribution in [1.29, 1.82) is 0 Å². The summed E-state index contributed by atoms with van der Waals surface area (Å²) in [7, 11) is 3.43. The van der Waals surface area contributed by atoms with Crippen molar-refractivity contribution in [2.75, 3.05) is 19.8 Å². The van der Waals surface area contributed by atoms with Crippen LogP contribution in [-0.2, 0) is 13.1 Å². The van der Waals surface area contributed by atoms with Gasteiger partial charge in [-0.2, -0.15) is 10.2 Å². The molecular weight excluding hydrogens is 488 g/mol. The summed E-state index contributed by atoms with van der Waals surface area (Å²) in [5, 5.41) is 13.3. The van der Waals surface area contributed by atoms with Crippen LogP contribution in [-0.4, -0.2) is 49.4 Å². The molecule has 9 heteroatoms. The molecule has 3 heterocycles. The first-order valence-corrected chi connectivity index (χ1v) is 12.6. The van der Waals surface area contributed by atoms with E-state index in [1.54, 1.807) is 14.1 Å². The molecule has 6 aromatic rings. The highest BCUT2D eigenvalue weighted by molar-refractivity contribution is 5.95. The van der Waals surface area contributed by atoms with Crippen molar-refractivity contribution in [2.45, 2.75) is 13.1 Å². The molecule has 0 spiro atoms. The standard InChI is InChI=1S/C30H28N8O/c1-36(2)30(39)32-16-21-9-6-10-23(13-21)27-15-25(28-29(31)33-19-34-38(27)28)22-11-12-24-18-37(35-26(24)14-22)17-20-7-4-3-5-8-20/h3-15,18-19H,16-17H2,1-2H3,(H,32,39)(H2,31,33,34). The smallest absolute Gasteiger partial charge is 0.317 e. The summed E-state index contributed by atoms with van der Waals surface area (Å²) >= 11 is 0. The van der Waals surface area contributed by atoms with Crippen LogP contribution in [0.1, 0.15) is 11.1 Å². The largest absolute Gasteiger partial charge is 0.382 e. The summed E-state index contributed by atoms with van der Waals surface area (Å²) in [5.74, 6) is 0.398. The number of nitrogens with two attached hydrogens (primary N) is 1. The maximum atomic E-state index is 12.0. The van der Waals surface area contributed by atoms with Crippen LogP contribution in [0.5, 0.6) is 0 Å². The second kappa shape index (κ2) is 9.94. The van der Waals surface area contributed by atoms with Gasteiger partial charge < -0.3 is 16.0 Å². The minimum atomic E-state index is -0.141. The minimum absolute atomic E-state index is 0.141. The topological polar surface area (TPSA) is 106 Å². The van der Waals surface area contributed by atoms with Crippen molar-refractivity contribution < 1.29 is 4.79 Å². The highest BCUT2D eigenvalue weighted by Gasteiger charge is 2.17. The lowest BCUT2D eigenvalue weighted by molar-refractivity contribution is 0.217. The van der Waals surface area contributed by atoms with Crippen LogP contribution >= 0.6 is 0 Å². The lowest BCUT2D eigenvalue weighted by Crippen LogP contribution is -2.33. The van der Waals surface area contributed by atoms with E-state index in [9.17, 15) is 4.79 Å². The number of anilines is 1. The third-order valence-corrected chi connectivity index (χ3v) is 6.71. The fourth-order valence-corrected chi connectivity index (χ4v) is 4.76. The first kappa shape index (κ1) is 24.2. The summed E-state index contributed by atoms with van der Waals surface area (Å²) in [5.41, 5.74) is 13.9.